The van der Waals surface area contributed by atoms with E-state index in [2.05, 4.69) is 38.8 Å². The van der Waals surface area contributed by atoms with Crippen LogP contribution in [0.1, 0.15) is 5.56 Å². The van der Waals surface area contributed by atoms with Crippen molar-refractivity contribution in [3.05, 3.63) is 28.2 Å². The molecule has 1 saturated heterocycles. The van der Waals surface area contributed by atoms with Gasteiger partial charge in [-0.1, -0.05) is 18.3 Å². The van der Waals surface area contributed by atoms with Crippen LogP contribution in [0.25, 0.3) is 0 Å². The third-order valence-corrected chi connectivity index (χ3v) is 3.95. The molecule has 0 aliphatic carbocycles. The molecule has 1 aromatic rings. The molecule has 0 bridgehead atoms. The Bertz CT molecular complexity index is 428. The summed E-state index contributed by atoms with van der Waals surface area (Å²) in [6, 6.07) is 6.10. The first-order chi connectivity index (χ1) is 8.09. The highest BCUT2D eigenvalue weighted by atomic mass is 79.9. The molecule has 0 saturated carbocycles. The molecule has 17 heavy (non-hydrogen) atoms. The van der Waals surface area contributed by atoms with Gasteiger partial charge in [0.2, 0.25) is 0 Å². The van der Waals surface area contributed by atoms with E-state index in [0.29, 0.717) is 4.99 Å². The summed E-state index contributed by atoms with van der Waals surface area (Å²) >= 11 is 8.66. The van der Waals surface area contributed by atoms with Gasteiger partial charge in [0.15, 0.2) is 0 Å². The minimum atomic E-state index is 0.450. The number of halogens is 1. The van der Waals surface area contributed by atoms with Crippen molar-refractivity contribution in [2.24, 2.45) is 5.73 Å². The Morgan fingerprint density at radius 2 is 1.94 bits per heavy atom. The molecule has 0 atom stereocenters. The minimum absolute atomic E-state index is 0.450. The minimum Gasteiger partial charge on any atom is -0.389 e. The number of thiocarbonyl (C=S) groups is 1. The quantitative estimate of drug-likeness (QED) is 0.844. The van der Waals surface area contributed by atoms with E-state index in [4.69, 9.17) is 18.0 Å². The number of benzene rings is 1. The van der Waals surface area contributed by atoms with Gasteiger partial charge in [0.05, 0.1) is 0 Å². The second-order valence-corrected chi connectivity index (χ2v) is 5.58. The van der Waals surface area contributed by atoms with Crippen molar-refractivity contribution >= 4 is 38.8 Å². The number of nitrogens with two attached hydrogens (primary N) is 1. The maximum Gasteiger partial charge on any atom is 0.107 e. The van der Waals surface area contributed by atoms with Crippen LogP contribution in [0, 0.1) is 0 Å². The van der Waals surface area contributed by atoms with Crippen LogP contribution in [-0.4, -0.2) is 43.1 Å². The van der Waals surface area contributed by atoms with Gasteiger partial charge in [-0.3, -0.25) is 0 Å². The van der Waals surface area contributed by atoms with Gasteiger partial charge in [0.25, 0.3) is 0 Å². The van der Waals surface area contributed by atoms with E-state index in [9.17, 15) is 0 Å². The van der Waals surface area contributed by atoms with Crippen molar-refractivity contribution in [1.82, 2.24) is 4.90 Å². The van der Waals surface area contributed by atoms with Gasteiger partial charge in [-0.25, -0.2) is 0 Å². The van der Waals surface area contributed by atoms with Crippen molar-refractivity contribution in [3.8, 4) is 0 Å². The molecule has 0 spiro atoms. The van der Waals surface area contributed by atoms with Crippen LogP contribution >= 0.6 is 28.1 Å². The van der Waals surface area contributed by atoms with Crippen molar-refractivity contribution in [2.75, 3.05) is 38.1 Å². The van der Waals surface area contributed by atoms with E-state index in [1.807, 2.05) is 12.1 Å². The molecule has 1 fully saturated rings. The number of likely N-dealkylation sites (N-methyl/N-ethyl adjacent to an activating group) is 1. The molecule has 0 radical (unpaired) electrons. The van der Waals surface area contributed by atoms with Crippen LogP contribution in [0.15, 0.2) is 22.7 Å². The Morgan fingerprint density at radius 1 is 1.29 bits per heavy atom. The van der Waals surface area contributed by atoms with Crippen molar-refractivity contribution in [2.45, 2.75) is 0 Å². The third-order valence-electron chi connectivity index (χ3n) is 3.08. The summed E-state index contributed by atoms with van der Waals surface area (Å²) in [5.41, 5.74) is 7.90. The molecule has 1 heterocycles. The lowest BCUT2D eigenvalue weighted by Gasteiger charge is -2.35. The van der Waals surface area contributed by atoms with Gasteiger partial charge in [0.1, 0.15) is 4.99 Å². The normalized spacial score (nSPS) is 17.2. The lowest BCUT2D eigenvalue weighted by molar-refractivity contribution is 0.313. The summed E-state index contributed by atoms with van der Waals surface area (Å²) in [4.78, 5) is 5.13. The maximum atomic E-state index is 5.81. The molecule has 3 nitrogen and oxygen atoms in total. The molecule has 0 aromatic heterocycles. The lowest BCUT2D eigenvalue weighted by Crippen LogP contribution is -2.45. The van der Waals surface area contributed by atoms with E-state index >= 15 is 0 Å². The van der Waals surface area contributed by atoms with E-state index in [0.717, 1.165) is 41.9 Å². The predicted octanol–water partition coefficient (Wildman–Crippen LogP) is 1.84. The lowest BCUT2D eigenvalue weighted by atomic mass is 10.1. The van der Waals surface area contributed by atoms with E-state index in [1.54, 1.807) is 0 Å². The van der Waals surface area contributed by atoms with Gasteiger partial charge in [-0.2, -0.15) is 0 Å². The predicted molar refractivity (Wildman–Crippen MR) is 79.7 cm³/mol. The fraction of sp³-hybridized carbons (Fsp3) is 0.417. The molecule has 2 N–H and O–H groups in total. The van der Waals surface area contributed by atoms with Crippen LogP contribution < -0.4 is 10.6 Å². The van der Waals surface area contributed by atoms with E-state index in [-0.39, 0.29) is 0 Å². The first kappa shape index (κ1) is 12.8. The summed E-state index contributed by atoms with van der Waals surface area (Å²) in [6.45, 7) is 4.18. The Balaban J connectivity index is 2.32. The Hall–Kier alpha value is -0.650. The summed E-state index contributed by atoms with van der Waals surface area (Å²) in [7, 11) is 2.15. The molecule has 92 valence electrons. The molecule has 0 unspecified atom stereocenters. The molecule has 0 amide bonds. The van der Waals surface area contributed by atoms with E-state index in [1.165, 1.54) is 0 Å². The second kappa shape index (κ2) is 5.33. The van der Waals surface area contributed by atoms with Crippen molar-refractivity contribution < 1.29 is 0 Å². The largest absolute Gasteiger partial charge is 0.389 e. The van der Waals surface area contributed by atoms with Crippen molar-refractivity contribution in [1.29, 1.82) is 0 Å². The van der Waals surface area contributed by atoms with Crippen LogP contribution in [0.4, 0.5) is 5.69 Å². The number of nitrogens with zero attached hydrogens (tertiary/aromatic N) is 2. The number of hydrogen-bond acceptors (Lipinski definition) is 3. The van der Waals surface area contributed by atoms with Crippen LogP contribution in [0.5, 0.6) is 0 Å². The SMILES string of the molecule is CN1CCN(c2cccc(Br)c2C(N)=S)CC1. The Morgan fingerprint density at radius 3 is 2.53 bits per heavy atom. The zero-order valence-electron chi connectivity index (χ0n) is 9.82. The van der Waals surface area contributed by atoms with Gasteiger partial charge in [0, 0.05) is 41.9 Å². The van der Waals surface area contributed by atoms with Crippen LogP contribution in [0.2, 0.25) is 0 Å². The first-order valence-corrected chi connectivity index (χ1v) is 6.81. The summed E-state index contributed by atoms with van der Waals surface area (Å²) in [6.07, 6.45) is 0. The fourth-order valence-corrected chi connectivity index (χ4v) is 2.98. The Kier molecular flexibility index (Phi) is 4.01. The molecular weight excluding hydrogens is 298 g/mol. The molecule has 5 heteroatoms. The van der Waals surface area contributed by atoms with Crippen molar-refractivity contribution in [3.63, 3.8) is 0 Å². The highest BCUT2D eigenvalue weighted by molar-refractivity contribution is 9.10. The average molecular weight is 314 g/mol. The second-order valence-electron chi connectivity index (χ2n) is 4.29. The smallest absolute Gasteiger partial charge is 0.107 e. The highest BCUT2D eigenvalue weighted by Crippen LogP contribution is 2.28. The third kappa shape index (κ3) is 2.78. The number of hydrogen-bond donors (Lipinski definition) is 1. The van der Waals surface area contributed by atoms with E-state index < -0.39 is 0 Å². The van der Waals surface area contributed by atoms with Crippen LogP contribution in [-0.2, 0) is 0 Å². The molecule has 2 rings (SSSR count). The Labute approximate surface area is 116 Å². The standard InChI is InChI=1S/C12H16BrN3S/c1-15-5-7-16(8-6-15)10-4-2-3-9(13)11(10)12(14)17/h2-4H,5-8H2,1H3,(H2,14,17). The number of rotatable bonds is 2. The average Bonchev–Trinajstić information content (AvgIpc) is 2.29. The van der Waals surface area contributed by atoms with Gasteiger partial charge >= 0.3 is 0 Å². The monoisotopic (exact) mass is 313 g/mol. The summed E-state index contributed by atoms with van der Waals surface area (Å²) < 4.78 is 0.974. The zero-order valence-corrected chi connectivity index (χ0v) is 12.2. The highest BCUT2D eigenvalue weighted by Gasteiger charge is 2.19. The summed E-state index contributed by atoms with van der Waals surface area (Å²) in [5.74, 6) is 0. The zero-order chi connectivity index (χ0) is 12.4. The van der Waals surface area contributed by atoms with Gasteiger partial charge in [-0.05, 0) is 35.1 Å². The number of anilines is 1. The molecule has 1 aliphatic rings. The van der Waals surface area contributed by atoms with Gasteiger partial charge < -0.3 is 15.5 Å². The molecular formula is C12H16BrN3S. The summed E-state index contributed by atoms with van der Waals surface area (Å²) in [5, 5.41) is 0. The maximum absolute atomic E-state index is 5.81. The van der Waals surface area contributed by atoms with Gasteiger partial charge in [-0.15, -0.1) is 0 Å². The first-order valence-electron chi connectivity index (χ1n) is 5.61. The molecule has 1 aromatic carbocycles. The molecule has 1 aliphatic heterocycles. The van der Waals surface area contributed by atoms with Crippen LogP contribution in [0.3, 0.4) is 0 Å². The number of piperazine rings is 1. The fourth-order valence-electron chi connectivity index (χ4n) is 2.07. The topological polar surface area (TPSA) is 32.5 Å².